The molecule has 0 atom stereocenters. The Kier molecular flexibility index (Phi) is 6.96. The van der Waals surface area contributed by atoms with E-state index in [9.17, 15) is 9.59 Å². The smallest absolute Gasteiger partial charge is 0.239 e. The van der Waals surface area contributed by atoms with Crippen LogP contribution >= 0.6 is 0 Å². The molecule has 0 unspecified atom stereocenters. The molecule has 9 heteroatoms. The summed E-state index contributed by atoms with van der Waals surface area (Å²) in [6.45, 7) is 8.37. The van der Waals surface area contributed by atoms with Crippen LogP contribution in [-0.2, 0) is 14.3 Å². The number of hydrogen-bond donors (Lipinski definition) is 1. The Morgan fingerprint density at radius 3 is 2.29 bits per heavy atom. The number of nitrogens with zero attached hydrogens (tertiary/aromatic N) is 5. The third-order valence-corrected chi connectivity index (χ3v) is 5.65. The van der Waals surface area contributed by atoms with Crippen LogP contribution in [0.1, 0.15) is 5.69 Å². The average Bonchev–Trinajstić information content (AvgIpc) is 3.16. The number of ether oxygens (including phenoxy) is 1. The van der Waals surface area contributed by atoms with Gasteiger partial charge in [-0.1, -0.05) is 18.2 Å². The van der Waals surface area contributed by atoms with Crippen molar-refractivity contribution in [1.29, 1.82) is 0 Å². The summed E-state index contributed by atoms with van der Waals surface area (Å²) in [6.07, 6.45) is 0. The van der Waals surface area contributed by atoms with E-state index in [0.717, 1.165) is 37.6 Å². The topological polar surface area (TPSA) is 82.9 Å². The quantitative estimate of drug-likeness (QED) is 0.728. The standard InChI is InChI=1S/C22H30N6O3/c1-18-15-20(28(24-18)19-5-3-2-4-6-19)23-21(29)16-25-7-9-26(10-8-25)17-22(30)27-11-13-31-14-12-27/h2-6,15H,7-14,16-17H2,1H3,(H,23,29). The molecular weight excluding hydrogens is 396 g/mol. The van der Waals surface area contributed by atoms with Crippen LogP contribution in [0.3, 0.4) is 0 Å². The lowest BCUT2D eigenvalue weighted by Crippen LogP contribution is -2.52. The molecule has 2 aromatic rings. The summed E-state index contributed by atoms with van der Waals surface area (Å²) in [5, 5.41) is 7.49. The minimum Gasteiger partial charge on any atom is -0.378 e. The fourth-order valence-corrected chi connectivity index (χ4v) is 3.95. The van der Waals surface area contributed by atoms with Crippen molar-refractivity contribution in [3.63, 3.8) is 0 Å². The summed E-state index contributed by atoms with van der Waals surface area (Å²) in [4.78, 5) is 31.3. The molecule has 3 heterocycles. The number of morpholine rings is 1. The Hall–Kier alpha value is -2.75. The molecule has 31 heavy (non-hydrogen) atoms. The fourth-order valence-electron chi connectivity index (χ4n) is 3.95. The number of nitrogens with one attached hydrogen (secondary N) is 1. The summed E-state index contributed by atoms with van der Waals surface area (Å²) in [6, 6.07) is 11.6. The van der Waals surface area contributed by atoms with Crippen molar-refractivity contribution in [1.82, 2.24) is 24.5 Å². The maximum Gasteiger partial charge on any atom is 0.239 e. The van der Waals surface area contributed by atoms with Crippen molar-refractivity contribution < 1.29 is 14.3 Å². The highest BCUT2D eigenvalue weighted by Crippen LogP contribution is 2.17. The maximum absolute atomic E-state index is 12.7. The Balaban J connectivity index is 1.25. The zero-order valence-corrected chi connectivity index (χ0v) is 18.0. The van der Waals surface area contributed by atoms with Crippen molar-refractivity contribution in [2.24, 2.45) is 0 Å². The van der Waals surface area contributed by atoms with E-state index in [4.69, 9.17) is 4.74 Å². The fraction of sp³-hybridized carbons (Fsp3) is 0.500. The number of benzene rings is 1. The van der Waals surface area contributed by atoms with Crippen LogP contribution < -0.4 is 5.32 Å². The first-order valence-corrected chi connectivity index (χ1v) is 10.8. The Morgan fingerprint density at radius 2 is 1.61 bits per heavy atom. The molecule has 166 valence electrons. The molecule has 2 amide bonds. The Labute approximate surface area is 182 Å². The van der Waals surface area contributed by atoms with Gasteiger partial charge in [-0.3, -0.25) is 19.4 Å². The van der Waals surface area contributed by atoms with E-state index in [2.05, 4.69) is 20.2 Å². The van der Waals surface area contributed by atoms with Gasteiger partial charge in [-0.2, -0.15) is 5.10 Å². The second kappa shape index (κ2) is 10.0. The molecule has 2 aliphatic rings. The number of carbonyl (C=O) groups is 2. The number of rotatable bonds is 6. The molecule has 1 N–H and O–H groups in total. The lowest BCUT2D eigenvalue weighted by atomic mass is 10.3. The van der Waals surface area contributed by atoms with Gasteiger partial charge in [-0.05, 0) is 19.1 Å². The van der Waals surface area contributed by atoms with Gasteiger partial charge in [-0.25, -0.2) is 4.68 Å². The van der Waals surface area contributed by atoms with Crippen molar-refractivity contribution in [3.8, 4) is 5.69 Å². The van der Waals surface area contributed by atoms with Crippen LogP contribution in [-0.4, -0.2) is 102 Å². The summed E-state index contributed by atoms with van der Waals surface area (Å²) in [5.41, 5.74) is 1.75. The summed E-state index contributed by atoms with van der Waals surface area (Å²) >= 11 is 0. The molecule has 1 aromatic carbocycles. The SMILES string of the molecule is Cc1cc(NC(=O)CN2CCN(CC(=O)N3CCOCC3)CC2)n(-c2ccccc2)n1. The number of amides is 2. The molecule has 9 nitrogen and oxygen atoms in total. The highest BCUT2D eigenvalue weighted by molar-refractivity contribution is 5.91. The third kappa shape index (κ3) is 5.69. The van der Waals surface area contributed by atoms with Gasteiger partial charge < -0.3 is 15.0 Å². The Morgan fingerprint density at radius 1 is 0.968 bits per heavy atom. The first-order chi connectivity index (χ1) is 15.1. The maximum atomic E-state index is 12.7. The van der Waals surface area contributed by atoms with Gasteiger partial charge in [-0.15, -0.1) is 0 Å². The third-order valence-electron chi connectivity index (χ3n) is 5.65. The number of para-hydroxylation sites is 1. The minimum atomic E-state index is -0.0603. The summed E-state index contributed by atoms with van der Waals surface area (Å²) in [7, 11) is 0. The van der Waals surface area contributed by atoms with Gasteiger partial charge in [0.15, 0.2) is 0 Å². The zero-order chi connectivity index (χ0) is 21.6. The van der Waals surface area contributed by atoms with Crippen LogP contribution in [0.4, 0.5) is 5.82 Å². The van der Waals surface area contributed by atoms with Crippen LogP contribution in [0.5, 0.6) is 0 Å². The highest BCUT2D eigenvalue weighted by atomic mass is 16.5. The van der Waals surface area contributed by atoms with Crippen molar-refractivity contribution >= 4 is 17.6 Å². The molecule has 0 bridgehead atoms. The van der Waals surface area contributed by atoms with Gasteiger partial charge in [0, 0.05) is 45.3 Å². The van der Waals surface area contributed by atoms with Crippen LogP contribution in [0, 0.1) is 6.92 Å². The normalized spacial score (nSPS) is 18.2. The summed E-state index contributed by atoms with van der Waals surface area (Å²) in [5.74, 6) is 0.775. The number of anilines is 1. The molecular formula is C22H30N6O3. The second-order valence-corrected chi connectivity index (χ2v) is 8.01. The molecule has 2 fully saturated rings. The van der Waals surface area contributed by atoms with Crippen molar-refractivity contribution in [2.45, 2.75) is 6.92 Å². The van der Waals surface area contributed by atoms with Gasteiger partial charge in [0.05, 0.1) is 37.7 Å². The molecule has 0 saturated carbocycles. The van der Waals surface area contributed by atoms with E-state index in [1.165, 1.54) is 0 Å². The van der Waals surface area contributed by atoms with E-state index >= 15 is 0 Å². The van der Waals surface area contributed by atoms with Gasteiger partial charge in [0.2, 0.25) is 11.8 Å². The molecule has 0 radical (unpaired) electrons. The van der Waals surface area contributed by atoms with Crippen LogP contribution in [0.15, 0.2) is 36.4 Å². The largest absolute Gasteiger partial charge is 0.378 e. The zero-order valence-electron chi connectivity index (χ0n) is 18.0. The Bertz CT molecular complexity index is 886. The van der Waals surface area contributed by atoms with Crippen molar-refractivity contribution in [3.05, 3.63) is 42.1 Å². The van der Waals surface area contributed by atoms with Gasteiger partial charge in [0.25, 0.3) is 0 Å². The number of carbonyl (C=O) groups excluding carboxylic acids is 2. The average molecular weight is 427 g/mol. The predicted octanol–water partition coefficient (Wildman–Crippen LogP) is 0.596. The molecule has 4 rings (SSSR count). The summed E-state index contributed by atoms with van der Waals surface area (Å²) < 4.78 is 7.06. The van der Waals surface area contributed by atoms with E-state index in [-0.39, 0.29) is 11.8 Å². The minimum absolute atomic E-state index is 0.0603. The molecule has 0 spiro atoms. The second-order valence-electron chi connectivity index (χ2n) is 8.01. The molecule has 0 aliphatic carbocycles. The number of piperazine rings is 1. The highest BCUT2D eigenvalue weighted by Gasteiger charge is 2.24. The van der Waals surface area contributed by atoms with E-state index in [1.807, 2.05) is 48.2 Å². The first-order valence-electron chi connectivity index (χ1n) is 10.8. The van der Waals surface area contributed by atoms with Crippen LogP contribution in [0.25, 0.3) is 5.69 Å². The number of aryl methyl sites for hydroxylation is 1. The molecule has 2 aliphatic heterocycles. The number of aromatic nitrogens is 2. The lowest BCUT2D eigenvalue weighted by molar-refractivity contribution is -0.137. The molecule has 2 saturated heterocycles. The van der Waals surface area contributed by atoms with Crippen LogP contribution in [0.2, 0.25) is 0 Å². The van der Waals surface area contributed by atoms with Gasteiger partial charge >= 0.3 is 0 Å². The monoisotopic (exact) mass is 426 g/mol. The first kappa shape index (κ1) is 21.5. The van der Waals surface area contributed by atoms with E-state index in [1.54, 1.807) is 4.68 Å². The van der Waals surface area contributed by atoms with E-state index in [0.29, 0.717) is 45.2 Å². The van der Waals surface area contributed by atoms with Gasteiger partial charge in [0.1, 0.15) is 5.82 Å². The number of hydrogen-bond acceptors (Lipinski definition) is 6. The molecule has 1 aromatic heterocycles. The lowest BCUT2D eigenvalue weighted by Gasteiger charge is -2.35. The predicted molar refractivity (Wildman–Crippen MR) is 117 cm³/mol. The van der Waals surface area contributed by atoms with Crippen molar-refractivity contribution in [2.75, 3.05) is 70.9 Å². The van der Waals surface area contributed by atoms with E-state index < -0.39 is 0 Å².